The average Bonchev–Trinajstić information content (AvgIpc) is 2.08. The topological polar surface area (TPSA) is 29.1 Å². The molecule has 5 heteroatoms. The fraction of sp³-hybridized carbons (Fsp3) is 0.222. The smallest absolute Gasteiger partial charge is 0.237 e. The molecule has 0 aliphatic carbocycles. The van der Waals surface area contributed by atoms with Gasteiger partial charge in [-0.05, 0) is 13.0 Å². The largest absolute Gasteiger partial charge is 0.322 e. The first-order chi connectivity index (χ1) is 6.58. The second-order valence-electron chi connectivity index (χ2n) is 3.01. The summed E-state index contributed by atoms with van der Waals surface area (Å²) in [6, 6.07) is 1.98. The Balaban J connectivity index is 2.51. The molecule has 2 rings (SSSR count). The number of rotatable bonds is 0. The van der Waals surface area contributed by atoms with Gasteiger partial charge in [0.2, 0.25) is 5.91 Å². The van der Waals surface area contributed by atoms with Crippen molar-refractivity contribution in [2.24, 2.45) is 0 Å². The fourth-order valence-electron chi connectivity index (χ4n) is 1.23. The maximum atomic E-state index is 13.2. The van der Waals surface area contributed by atoms with E-state index < -0.39 is 11.6 Å². The molecule has 1 aromatic rings. The summed E-state index contributed by atoms with van der Waals surface area (Å²) < 4.78 is 26.0. The van der Waals surface area contributed by atoms with Crippen LogP contribution in [0.4, 0.5) is 14.5 Å². The van der Waals surface area contributed by atoms with Gasteiger partial charge < -0.3 is 5.32 Å². The molecule has 1 aliphatic rings. The lowest BCUT2D eigenvalue weighted by Crippen LogP contribution is -2.27. The number of hydrogen-bond acceptors (Lipinski definition) is 2. The molecule has 0 radical (unpaired) electrons. The summed E-state index contributed by atoms with van der Waals surface area (Å²) >= 11 is 1.16. The minimum Gasteiger partial charge on any atom is -0.322 e. The van der Waals surface area contributed by atoms with Crippen molar-refractivity contribution in [1.82, 2.24) is 0 Å². The number of carbonyl (C=O) groups is 1. The molecule has 1 heterocycles. The van der Waals surface area contributed by atoms with Gasteiger partial charge in [0, 0.05) is 11.0 Å². The van der Waals surface area contributed by atoms with Crippen LogP contribution in [0.2, 0.25) is 0 Å². The van der Waals surface area contributed by atoms with Crippen LogP contribution in [0.15, 0.2) is 17.0 Å². The van der Waals surface area contributed by atoms with Crippen LogP contribution in [0.3, 0.4) is 0 Å². The molecule has 0 bridgehead atoms. The molecule has 2 nitrogen and oxygen atoms in total. The summed E-state index contributed by atoms with van der Waals surface area (Å²) in [6.45, 7) is 1.69. The van der Waals surface area contributed by atoms with E-state index in [-0.39, 0.29) is 16.8 Å². The van der Waals surface area contributed by atoms with E-state index in [9.17, 15) is 13.6 Å². The van der Waals surface area contributed by atoms with Crippen molar-refractivity contribution in [3.8, 4) is 0 Å². The first-order valence-corrected chi connectivity index (χ1v) is 4.92. The molecule has 74 valence electrons. The van der Waals surface area contributed by atoms with Crippen LogP contribution in [0.1, 0.15) is 6.92 Å². The van der Waals surface area contributed by atoms with Crippen molar-refractivity contribution in [3.63, 3.8) is 0 Å². The molecule has 0 fully saturated rings. The second kappa shape index (κ2) is 3.24. The Morgan fingerprint density at radius 2 is 2.14 bits per heavy atom. The Morgan fingerprint density at radius 3 is 2.86 bits per heavy atom. The van der Waals surface area contributed by atoms with Gasteiger partial charge in [-0.15, -0.1) is 11.8 Å². The third-order valence-electron chi connectivity index (χ3n) is 1.94. The van der Waals surface area contributed by atoms with Crippen molar-refractivity contribution < 1.29 is 13.6 Å². The van der Waals surface area contributed by atoms with Crippen LogP contribution in [-0.2, 0) is 4.79 Å². The number of nitrogens with one attached hydrogen (secondary N) is 1. The van der Waals surface area contributed by atoms with Gasteiger partial charge in [-0.25, -0.2) is 8.78 Å². The standard InChI is InChI=1S/C9H7F2NOS/c1-4-9(13)12-8-6(11)2-5(10)3-7(8)14-4/h2-4H,1H3,(H,12,13). The highest BCUT2D eigenvalue weighted by Crippen LogP contribution is 2.37. The fourth-order valence-corrected chi connectivity index (χ4v) is 2.23. The van der Waals surface area contributed by atoms with Gasteiger partial charge in [-0.2, -0.15) is 0 Å². The molecule has 1 amide bonds. The summed E-state index contributed by atoms with van der Waals surface area (Å²) in [7, 11) is 0. The van der Waals surface area contributed by atoms with E-state index in [0.717, 1.165) is 17.8 Å². The van der Waals surface area contributed by atoms with E-state index in [0.29, 0.717) is 4.90 Å². The van der Waals surface area contributed by atoms with Crippen molar-refractivity contribution in [2.45, 2.75) is 17.1 Å². The highest BCUT2D eigenvalue weighted by Gasteiger charge is 2.25. The number of amides is 1. The van der Waals surface area contributed by atoms with Crippen LogP contribution in [-0.4, -0.2) is 11.2 Å². The first-order valence-electron chi connectivity index (χ1n) is 4.04. The molecule has 0 spiro atoms. The number of benzene rings is 1. The highest BCUT2D eigenvalue weighted by molar-refractivity contribution is 8.00. The number of anilines is 1. The van der Waals surface area contributed by atoms with Crippen LogP contribution in [0.5, 0.6) is 0 Å². The number of thioether (sulfide) groups is 1. The van der Waals surface area contributed by atoms with E-state index in [4.69, 9.17) is 0 Å². The van der Waals surface area contributed by atoms with Crippen LogP contribution in [0, 0.1) is 11.6 Å². The highest BCUT2D eigenvalue weighted by atomic mass is 32.2. The van der Waals surface area contributed by atoms with Gasteiger partial charge >= 0.3 is 0 Å². The van der Waals surface area contributed by atoms with Gasteiger partial charge in [0.25, 0.3) is 0 Å². The van der Waals surface area contributed by atoms with Crippen molar-refractivity contribution in [2.75, 3.05) is 5.32 Å². The monoisotopic (exact) mass is 215 g/mol. The maximum Gasteiger partial charge on any atom is 0.237 e. The Morgan fingerprint density at radius 1 is 1.43 bits per heavy atom. The Labute approximate surface area is 83.7 Å². The predicted molar refractivity (Wildman–Crippen MR) is 50.3 cm³/mol. The zero-order valence-corrected chi connectivity index (χ0v) is 8.12. The minimum atomic E-state index is -0.729. The Hall–Kier alpha value is -1.10. The summed E-state index contributed by atoms with van der Waals surface area (Å²) in [4.78, 5) is 11.6. The molecule has 0 saturated heterocycles. The number of hydrogen-bond donors (Lipinski definition) is 1. The molecule has 1 aromatic carbocycles. The van der Waals surface area contributed by atoms with Gasteiger partial charge in [-0.1, -0.05) is 0 Å². The van der Waals surface area contributed by atoms with E-state index >= 15 is 0 Å². The number of halogens is 2. The molecule has 0 aromatic heterocycles. The van der Waals surface area contributed by atoms with E-state index in [2.05, 4.69) is 5.32 Å². The van der Waals surface area contributed by atoms with Crippen molar-refractivity contribution in [3.05, 3.63) is 23.8 Å². The molecule has 14 heavy (non-hydrogen) atoms. The van der Waals surface area contributed by atoms with E-state index in [1.165, 1.54) is 6.07 Å². The predicted octanol–water partition coefficient (Wildman–Crippen LogP) is 2.40. The van der Waals surface area contributed by atoms with Crippen LogP contribution in [0.25, 0.3) is 0 Å². The zero-order chi connectivity index (χ0) is 10.3. The van der Waals surface area contributed by atoms with Gasteiger partial charge in [-0.3, -0.25) is 4.79 Å². The number of carbonyl (C=O) groups excluding carboxylic acids is 1. The van der Waals surface area contributed by atoms with E-state index in [1.54, 1.807) is 6.92 Å². The lowest BCUT2D eigenvalue weighted by molar-refractivity contribution is -0.115. The maximum absolute atomic E-state index is 13.2. The third kappa shape index (κ3) is 1.48. The third-order valence-corrected chi connectivity index (χ3v) is 3.08. The van der Waals surface area contributed by atoms with Crippen LogP contribution < -0.4 is 5.32 Å². The minimum absolute atomic E-state index is 0.0829. The molecule has 1 aliphatic heterocycles. The van der Waals surface area contributed by atoms with Gasteiger partial charge in [0.15, 0.2) is 5.82 Å². The second-order valence-corrected chi connectivity index (χ2v) is 4.39. The summed E-state index contributed by atoms with van der Waals surface area (Å²) in [5, 5.41) is 2.09. The Bertz CT molecular complexity index is 408. The number of fused-ring (bicyclic) bond motifs is 1. The zero-order valence-electron chi connectivity index (χ0n) is 7.30. The molecule has 1 unspecified atom stereocenters. The molecular weight excluding hydrogens is 208 g/mol. The van der Waals surface area contributed by atoms with Crippen molar-refractivity contribution >= 4 is 23.4 Å². The summed E-state index contributed by atoms with van der Waals surface area (Å²) in [6.07, 6.45) is 0. The van der Waals surface area contributed by atoms with Gasteiger partial charge in [0.05, 0.1) is 10.9 Å². The molecule has 1 atom stereocenters. The average molecular weight is 215 g/mol. The molecule has 0 saturated carbocycles. The lowest BCUT2D eigenvalue weighted by atomic mass is 10.2. The van der Waals surface area contributed by atoms with Crippen molar-refractivity contribution in [1.29, 1.82) is 0 Å². The van der Waals surface area contributed by atoms with E-state index in [1.807, 2.05) is 0 Å². The molecule has 1 N–H and O–H groups in total. The van der Waals surface area contributed by atoms with Gasteiger partial charge in [0.1, 0.15) is 5.82 Å². The Kier molecular flexibility index (Phi) is 2.19. The molecular formula is C9H7F2NOS. The lowest BCUT2D eigenvalue weighted by Gasteiger charge is -2.21. The SMILES string of the molecule is CC1Sc2cc(F)cc(F)c2NC1=O. The summed E-state index contributed by atoms with van der Waals surface area (Å²) in [5.74, 6) is -1.61. The quantitative estimate of drug-likeness (QED) is 0.720. The summed E-state index contributed by atoms with van der Waals surface area (Å²) in [5.41, 5.74) is 0.0829. The first kappa shape index (κ1) is 9.45. The van der Waals surface area contributed by atoms with Crippen LogP contribution >= 0.6 is 11.8 Å². The normalized spacial score (nSPS) is 20.2.